The van der Waals surface area contributed by atoms with Crippen molar-refractivity contribution >= 4 is 11.6 Å². The van der Waals surface area contributed by atoms with Crippen molar-refractivity contribution in [2.75, 3.05) is 11.9 Å². The van der Waals surface area contributed by atoms with Gasteiger partial charge >= 0.3 is 0 Å². The summed E-state index contributed by atoms with van der Waals surface area (Å²) in [6, 6.07) is 3.96. The molecule has 0 spiro atoms. The van der Waals surface area contributed by atoms with Crippen LogP contribution in [-0.4, -0.2) is 23.6 Å². The Kier molecular flexibility index (Phi) is 3.87. The van der Waals surface area contributed by atoms with E-state index in [1.807, 2.05) is 19.9 Å². The molecule has 1 heterocycles. The van der Waals surface area contributed by atoms with Crippen LogP contribution in [0.4, 0.5) is 5.69 Å². The van der Waals surface area contributed by atoms with Gasteiger partial charge in [0.1, 0.15) is 5.75 Å². The molecule has 1 fully saturated rings. The monoisotopic (exact) mass is 248 g/mol. The fourth-order valence-electron chi connectivity index (χ4n) is 2.41. The number of phenolic OH excluding ortho intramolecular Hbond substituents is 1. The Balaban J connectivity index is 2.02. The second-order valence-corrected chi connectivity index (χ2v) is 5.02. The molecule has 1 atom stereocenters. The van der Waals surface area contributed by atoms with Gasteiger partial charge in [0.15, 0.2) is 0 Å². The summed E-state index contributed by atoms with van der Waals surface area (Å²) in [6.45, 7) is 4.77. The van der Waals surface area contributed by atoms with Crippen molar-refractivity contribution in [1.82, 2.24) is 5.32 Å². The number of hydrogen-bond donors (Lipinski definition) is 3. The Morgan fingerprint density at radius 2 is 2.28 bits per heavy atom. The molecule has 1 amide bonds. The second-order valence-electron chi connectivity index (χ2n) is 5.02. The number of carbonyl (C=O) groups excluding carboxylic acids is 1. The van der Waals surface area contributed by atoms with Crippen LogP contribution in [0.2, 0.25) is 0 Å². The van der Waals surface area contributed by atoms with Crippen LogP contribution in [0.5, 0.6) is 5.75 Å². The smallest absolute Gasteiger partial charge is 0.226 e. The van der Waals surface area contributed by atoms with Crippen LogP contribution in [0.15, 0.2) is 12.1 Å². The zero-order chi connectivity index (χ0) is 13.1. The Hall–Kier alpha value is -1.55. The first-order valence-corrected chi connectivity index (χ1v) is 6.39. The molecular formula is C14H20N2O2. The van der Waals surface area contributed by atoms with Crippen LogP contribution in [0.1, 0.15) is 30.4 Å². The molecule has 18 heavy (non-hydrogen) atoms. The van der Waals surface area contributed by atoms with Gasteiger partial charge in [-0.1, -0.05) is 6.07 Å². The molecular weight excluding hydrogens is 228 g/mol. The number of rotatable bonds is 3. The van der Waals surface area contributed by atoms with Crippen molar-refractivity contribution in [3.05, 3.63) is 23.3 Å². The summed E-state index contributed by atoms with van der Waals surface area (Å²) < 4.78 is 0. The molecule has 1 unspecified atom stereocenters. The van der Waals surface area contributed by atoms with Crippen LogP contribution in [0.3, 0.4) is 0 Å². The molecule has 0 saturated carbocycles. The van der Waals surface area contributed by atoms with E-state index < -0.39 is 0 Å². The van der Waals surface area contributed by atoms with Gasteiger partial charge in [0.25, 0.3) is 0 Å². The van der Waals surface area contributed by atoms with Gasteiger partial charge in [-0.15, -0.1) is 0 Å². The third-order valence-electron chi connectivity index (χ3n) is 3.31. The minimum Gasteiger partial charge on any atom is -0.505 e. The SMILES string of the molecule is Cc1cc(C)c(O)c(NC(=O)CC2CCCN2)c1. The van der Waals surface area contributed by atoms with Gasteiger partial charge < -0.3 is 15.7 Å². The molecule has 1 aromatic carbocycles. The van der Waals surface area contributed by atoms with Gasteiger partial charge in [0, 0.05) is 12.5 Å². The van der Waals surface area contributed by atoms with Crippen LogP contribution in [-0.2, 0) is 4.79 Å². The van der Waals surface area contributed by atoms with Crippen molar-refractivity contribution in [3.8, 4) is 5.75 Å². The maximum absolute atomic E-state index is 11.9. The van der Waals surface area contributed by atoms with E-state index in [1.165, 1.54) is 0 Å². The number of aryl methyl sites for hydroxylation is 2. The molecule has 4 heteroatoms. The molecule has 1 aliphatic heterocycles. The summed E-state index contributed by atoms with van der Waals surface area (Å²) in [5, 5.41) is 16.0. The molecule has 0 bridgehead atoms. The number of nitrogens with one attached hydrogen (secondary N) is 2. The summed E-state index contributed by atoms with van der Waals surface area (Å²) in [6.07, 6.45) is 2.64. The molecule has 0 aromatic heterocycles. The minimum absolute atomic E-state index is 0.0466. The highest BCUT2D eigenvalue weighted by atomic mass is 16.3. The Morgan fingerprint density at radius 3 is 2.94 bits per heavy atom. The average molecular weight is 248 g/mol. The molecule has 0 aliphatic carbocycles. The van der Waals surface area contributed by atoms with Crippen molar-refractivity contribution < 1.29 is 9.90 Å². The number of hydrogen-bond acceptors (Lipinski definition) is 3. The Morgan fingerprint density at radius 1 is 1.50 bits per heavy atom. The third kappa shape index (κ3) is 3.01. The van der Waals surface area contributed by atoms with E-state index in [2.05, 4.69) is 10.6 Å². The lowest BCUT2D eigenvalue weighted by molar-refractivity contribution is -0.116. The van der Waals surface area contributed by atoms with E-state index in [-0.39, 0.29) is 17.7 Å². The summed E-state index contributed by atoms with van der Waals surface area (Å²) >= 11 is 0. The second kappa shape index (κ2) is 5.40. The highest BCUT2D eigenvalue weighted by Crippen LogP contribution is 2.28. The summed E-state index contributed by atoms with van der Waals surface area (Å²) in [4.78, 5) is 11.9. The quantitative estimate of drug-likeness (QED) is 0.718. The van der Waals surface area contributed by atoms with E-state index in [4.69, 9.17) is 0 Å². The lowest BCUT2D eigenvalue weighted by Crippen LogP contribution is -2.27. The van der Waals surface area contributed by atoms with Gasteiger partial charge in [-0.2, -0.15) is 0 Å². The van der Waals surface area contributed by atoms with Crippen molar-refractivity contribution in [2.45, 2.75) is 39.2 Å². The maximum Gasteiger partial charge on any atom is 0.226 e. The number of amides is 1. The van der Waals surface area contributed by atoms with E-state index in [1.54, 1.807) is 6.07 Å². The van der Waals surface area contributed by atoms with Crippen LogP contribution in [0.25, 0.3) is 0 Å². The zero-order valence-corrected chi connectivity index (χ0v) is 10.9. The molecule has 98 valence electrons. The van der Waals surface area contributed by atoms with Gasteiger partial charge in [0.05, 0.1) is 5.69 Å². The Bertz CT molecular complexity index is 451. The predicted molar refractivity (Wildman–Crippen MR) is 71.9 cm³/mol. The number of phenols is 1. The fraction of sp³-hybridized carbons (Fsp3) is 0.500. The number of benzene rings is 1. The first-order valence-electron chi connectivity index (χ1n) is 6.39. The molecule has 0 radical (unpaired) electrons. The summed E-state index contributed by atoms with van der Waals surface area (Å²) in [7, 11) is 0. The minimum atomic E-state index is -0.0466. The van der Waals surface area contributed by atoms with Gasteiger partial charge in [-0.25, -0.2) is 0 Å². The fourth-order valence-corrected chi connectivity index (χ4v) is 2.41. The maximum atomic E-state index is 11.9. The number of carbonyl (C=O) groups is 1. The molecule has 3 N–H and O–H groups in total. The van der Waals surface area contributed by atoms with E-state index >= 15 is 0 Å². The lowest BCUT2D eigenvalue weighted by atomic mass is 10.1. The van der Waals surface area contributed by atoms with Crippen LogP contribution in [0, 0.1) is 13.8 Å². The molecule has 1 aliphatic rings. The predicted octanol–water partition coefficient (Wildman–Crippen LogP) is 2.09. The van der Waals surface area contributed by atoms with Gasteiger partial charge in [-0.05, 0) is 50.4 Å². The largest absolute Gasteiger partial charge is 0.505 e. The van der Waals surface area contributed by atoms with Gasteiger partial charge in [0.2, 0.25) is 5.91 Å². The first kappa shape index (κ1) is 12.9. The average Bonchev–Trinajstić information content (AvgIpc) is 2.77. The highest BCUT2D eigenvalue weighted by molar-refractivity contribution is 5.93. The summed E-state index contributed by atoms with van der Waals surface area (Å²) in [5.41, 5.74) is 2.32. The first-order chi connectivity index (χ1) is 8.56. The molecule has 2 rings (SSSR count). The molecule has 1 aromatic rings. The lowest BCUT2D eigenvalue weighted by Gasteiger charge is -2.13. The normalized spacial score (nSPS) is 18.9. The van der Waals surface area contributed by atoms with Crippen LogP contribution < -0.4 is 10.6 Å². The van der Waals surface area contributed by atoms with E-state index in [0.29, 0.717) is 12.1 Å². The number of anilines is 1. The van der Waals surface area contributed by atoms with E-state index in [0.717, 1.165) is 30.5 Å². The Labute approximate surface area is 107 Å². The standard InChI is InChI=1S/C14H20N2O2/c1-9-6-10(2)14(18)12(7-9)16-13(17)8-11-4-3-5-15-11/h6-7,11,15,18H,3-5,8H2,1-2H3,(H,16,17). The van der Waals surface area contributed by atoms with Gasteiger partial charge in [-0.3, -0.25) is 4.79 Å². The van der Waals surface area contributed by atoms with Crippen molar-refractivity contribution in [2.24, 2.45) is 0 Å². The van der Waals surface area contributed by atoms with E-state index in [9.17, 15) is 9.90 Å². The summed E-state index contributed by atoms with van der Waals surface area (Å²) in [5.74, 6) is 0.114. The third-order valence-corrected chi connectivity index (χ3v) is 3.31. The van der Waals surface area contributed by atoms with Crippen LogP contribution >= 0.6 is 0 Å². The van der Waals surface area contributed by atoms with Crippen molar-refractivity contribution in [1.29, 1.82) is 0 Å². The topological polar surface area (TPSA) is 61.4 Å². The molecule has 1 saturated heterocycles. The highest BCUT2D eigenvalue weighted by Gasteiger charge is 2.18. The van der Waals surface area contributed by atoms with Crippen molar-refractivity contribution in [3.63, 3.8) is 0 Å². The number of aromatic hydroxyl groups is 1. The zero-order valence-electron chi connectivity index (χ0n) is 10.9. The molecule has 4 nitrogen and oxygen atoms in total.